The molecule has 0 spiro atoms. The molecule has 2 N–H and O–H groups in total. The van der Waals surface area contributed by atoms with E-state index in [0.717, 1.165) is 29.7 Å². The monoisotopic (exact) mass is 200 g/mol. The van der Waals surface area contributed by atoms with Gasteiger partial charge in [-0.15, -0.1) is 4.91 Å². The van der Waals surface area contributed by atoms with Crippen LogP contribution in [0.4, 0.5) is 5.69 Å². The molecule has 0 saturated carbocycles. The van der Waals surface area contributed by atoms with Crippen LogP contribution < -0.4 is 5.73 Å². The minimum atomic E-state index is 0.442. The van der Waals surface area contributed by atoms with Gasteiger partial charge in [-0.25, -0.2) is 0 Å². The van der Waals surface area contributed by atoms with Crippen molar-refractivity contribution in [2.75, 3.05) is 0 Å². The number of benzene rings is 1. The smallest absolute Gasteiger partial charge is 0.108 e. The zero-order valence-electron chi connectivity index (χ0n) is 8.31. The van der Waals surface area contributed by atoms with E-state index in [1.165, 1.54) is 0 Å². The third kappa shape index (κ3) is 1.96. The molecule has 3 heteroatoms. The zero-order chi connectivity index (χ0) is 10.7. The molecule has 15 heavy (non-hydrogen) atoms. The summed E-state index contributed by atoms with van der Waals surface area (Å²) in [7, 11) is 0. The highest BCUT2D eigenvalue weighted by molar-refractivity contribution is 5.79. The fourth-order valence-electron chi connectivity index (χ4n) is 1.68. The Bertz CT molecular complexity index is 429. The second kappa shape index (κ2) is 4.09. The molecule has 0 unspecified atom stereocenters. The van der Waals surface area contributed by atoms with E-state index in [2.05, 4.69) is 11.3 Å². The minimum Gasteiger partial charge on any atom is -0.398 e. The molecule has 0 aromatic heterocycles. The molecular weight excluding hydrogens is 188 g/mol. The van der Waals surface area contributed by atoms with Crippen molar-refractivity contribution >= 4 is 11.3 Å². The molecule has 0 radical (unpaired) electrons. The Balaban J connectivity index is 2.33. The Morgan fingerprint density at radius 3 is 2.33 bits per heavy atom. The first-order chi connectivity index (χ1) is 7.31. The second-order valence-corrected chi connectivity index (χ2v) is 3.49. The number of rotatable bonds is 2. The van der Waals surface area contributed by atoms with Crippen LogP contribution in [0.1, 0.15) is 18.4 Å². The van der Waals surface area contributed by atoms with Gasteiger partial charge < -0.3 is 5.73 Å². The van der Waals surface area contributed by atoms with E-state index >= 15 is 0 Å². The van der Waals surface area contributed by atoms with Crippen molar-refractivity contribution in [2.24, 2.45) is 10.9 Å². The first-order valence-corrected chi connectivity index (χ1v) is 4.91. The fourth-order valence-corrected chi connectivity index (χ4v) is 1.68. The maximum absolute atomic E-state index is 10.3. The molecule has 0 bridgehead atoms. The maximum atomic E-state index is 10.3. The standard InChI is InChI=1S/C12H12N2O/c13-12-4-2-1-3-11(12)9-5-7-10(14-15)8-6-9/h3-8H,1-2,13H2. The molecule has 0 heterocycles. The Morgan fingerprint density at radius 2 is 1.73 bits per heavy atom. The van der Waals surface area contributed by atoms with Crippen LogP contribution in [0, 0.1) is 4.91 Å². The van der Waals surface area contributed by atoms with E-state index in [-0.39, 0.29) is 0 Å². The molecular formula is C12H12N2O. The molecule has 1 aromatic carbocycles. The van der Waals surface area contributed by atoms with E-state index in [1.807, 2.05) is 18.2 Å². The lowest BCUT2D eigenvalue weighted by Crippen LogP contribution is -2.03. The number of allylic oxidation sites excluding steroid dienone is 3. The van der Waals surface area contributed by atoms with Gasteiger partial charge in [0.15, 0.2) is 0 Å². The van der Waals surface area contributed by atoms with E-state index in [0.29, 0.717) is 5.69 Å². The van der Waals surface area contributed by atoms with Crippen molar-refractivity contribution in [3.63, 3.8) is 0 Å². The van der Waals surface area contributed by atoms with Crippen molar-refractivity contribution in [1.82, 2.24) is 0 Å². The van der Waals surface area contributed by atoms with E-state index in [9.17, 15) is 4.91 Å². The molecule has 3 nitrogen and oxygen atoms in total. The van der Waals surface area contributed by atoms with E-state index < -0.39 is 0 Å². The summed E-state index contributed by atoms with van der Waals surface area (Å²) in [6, 6.07) is 7.14. The number of nitroso groups, excluding NO2 is 1. The van der Waals surface area contributed by atoms with Crippen LogP contribution in [0.3, 0.4) is 0 Å². The van der Waals surface area contributed by atoms with Crippen molar-refractivity contribution < 1.29 is 0 Å². The molecule has 1 aliphatic rings. The number of nitrogens with zero attached hydrogens (tertiary/aromatic N) is 1. The summed E-state index contributed by atoms with van der Waals surface area (Å²) < 4.78 is 0. The number of nitrogens with two attached hydrogens (primary N) is 1. The summed E-state index contributed by atoms with van der Waals surface area (Å²) in [5.41, 5.74) is 9.24. The van der Waals surface area contributed by atoms with Crippen LogP contribution in [0.15, 0.2) is 47.3 Å². The van der Waals surface area contributed by atoms with Crippen LogP contribution in [0.2, 0.25) is 0 Å². The Morgan fingerprint density at radius 1 is 1.07 bits per heavy atom. The molecule has 0 aliphatic heterocycles. The van der Waals surface area contributed by atoms with Gasteiger partial charge in [0.25, 0.3) is 0 Å². The lowest BCUT2D eigenvalue weighted by molar-refractivity contribution is 1.02. The zero-order valence-corrected chi connectivity index (χ0v) is 8.31. The fraction of sp³-hybridized carbons (Fsp3) is 0.167. The van der Waals surface area contributed by atoms with Gasteiger partial charge in [0.05, 0.1) is 0 Å². The number of hydrogen-bond acceptors (Lipinski definition) is 3. The van der Waals surface area contributed by atoms with Crippen LogP contribution in [0.5, 0.6) is 0 Å². The summed E-state index contributed by atoms with van der Waals surface area (Å²) in [6.07, 6.45) is 6.17. The molecule has 2 rings (SSSR count). The first kappa shape index (κ1) is 9.65. The van der Waals surface area contributed by atoms with Gasteiger partial charge in [-0.2, -0.15) is 0 Å². The van der Waals surface area contributed by atoms with Gasteiger partial charge in [0.1, 0.15) is 5.69 Å². The first-order valence-electron chi connectivity index (χ1n) is 4.91. The van der Waals surface area contributed by atoms with Gasteiger partial charge in [-0.3, -0.25) is 0 Å². The van der Waals surface area contributed by atoms with Crippen LogP contribution in [-0.2, 0) is 0 Å². The topological polar surface area (TPSA) is 55.4 Å². The molecule has 0 atom stereocenters. The average molecular weight is 200 g/mol. The van der Waals surface area contributed by atoms with Gasteiger partial charge in [0.2, 0.25) is 0 Å². The van der Waals surface area contributed by atoms with E-state index in [4.69, 9.17) is 5.73 Å². The SMILES string of the molecule is NC1=CCCC=C1c1ccc(N=O)cc1. The van der Waals surface area contributed by atoms with Crippen molar-refractivity contribution in [1.29, 1.82) is 0 Å². The second-order valence-electron chi connectivity index (χ2n) is 3.49. The van der Waals surface area contributed by atoms with Crippen molar-refractivity contribution in [3.8, 4) is 0 Å². The highest BCUT2D eigenvalue weighted by Gasteiger charge is 2.07. The van der Waals surface area contributed by atoms with E-state index in [1.54, 1.807) is 12.1 Å². The third-order valence-corrected chi connectivity index (χ3v) is 2.47. The van der Waals surface area contributed by atoms with Crippen LogP contribution in [0.25, 0.3) is 5.57 Å². The largest absolute Gasteiger partial charge is 0.398 e. The lowest BCUT2D eigenvalue weighted by Gasteiger charge is -2.12. The minimum absolute atomic E-state index is 0.442. The molecule has 0 saturated heterocycles. The quantitative estimate of drug-likeness (QED) is 0.746. The Labute approximate surface area is 88.3 Å². The summed E-state index contributed by atoms with van der Waals surface area (Å²) in [5, 5.41) is 2.86. The van der Waals surface area contributed by atoms with Gasteiger partial charge >= 0.3 is 0 Å². The number of hydrogen-bond donors (Lipinski definition) is 1. The van der Waals surface area contributed by atoms with Gasteiger partial charge in [0, 0.05) is 11.3 Å². The van der Waals surface area contributed by atoms with Crippen LogP contribution >= 0.6 is 0 Å². The molecule has 0 fully saturated rings. The summed E-state index contributed by atoms with van der Waals surface area (Å²) >= 11 is 0. The van der Waals surface area contributed by atoms with Crippen LogP contribution in [-0.4, -0.2) is 0 Å². The summed E-state index contributed by atoms with van der Waals surface area (Å²) in [6.45, 7) is 0. The summed E-state index contributed by atoms with van der Waals surface area (Å²) in [4.78, 5) is 10.3. The normalized spacial score (nSPS) is 15.5. The summed E-state index contributed by atoms with van der Waals surface area (Å²) in [5.74, 6) is 0. The van der Waals surface area contributed by atoms with Crippen molar-refractivity contribution in [2.45, 2.75) is 12.8 Å². The Kier molecular flexibility index (Phi) is 2.63. The highest BCUT2D eigenvalue weighted by Crippen LogP contribution is 2.26. The highest BCUT2D eigenvalue weighted by atomic mass is 16.3. The molecule has 0 amide bonds. The predicted molar refractivity (Wildman–Crippen MR) is 61.4 cm³/mol. The molecule has 1 aliphatic carbocycles. The average Bonchev–Trinajstić information content (AvgIpc) is 2.30. The third-order valence-electron chi connectivity index (χ3n) is 2.47. The van der Waals surface area contributed by atoms with Gasteiger partial charge in [-0.1, -0.05) is 24.3 Å². The van der Waals surface area contributed by atoms with Gasteiger partial charge in [-0.05, 0) is 35.7 Å². The van der Waals surface area contributed by atoms with Crippen molar-refractivity contribution in [3.05, 3.63) is 52.6 Å². The maximum Gasteiger partial charge on any atom is 0.108 e. The Hall–Kier alpha value is -1.90. The molecule has 76 valence electrons. The predicted octanol–water partition coefficient (Wildman–Crippen LogP) is 3.10. The molecule has 1 aromatic rings. The lowest BCUT2D eigenvalue weighted by atomic mass is 9.97.